The third-order valence-corrected chi connectivity index (χ3v) is 9.56. The topological polar surface area (TPSA) is 113 Å². The lowest BCUT2D eigenvalue weighted by atomic mass is 9.98. The van der Waals surface area contributed by atoms with Crippen LogP contribution in [-0.4, -0.2) is 65.8 Å². The highest BCUT2D eigenvalue weighted by molar-refractivity contribution is 7.90. The first kappa shape index (κ1) is 32.9. The largest absolute Gasteiger partial charge is 0.507 e. The fourth-order valence-electron chi connectivity index (χ4n) is 6.12. The summed E-state index contributed by atoms with van der Waals surface area (Å²) in [6.07, 6.45) is 7.75. The van der Waals surface area contributed by atoms with Crippen molar-refractivity contribution in [3.63, 3.8) is 0 Å². The van der Waals surface area contributed by atoms with Gasteiger partial charge in [-0.15, -0.1) is 6.42 Å². The van der Waals surface area contributed by atoms with Crippen molar-refractivity contribution in [2.75, 3.05) is 30.8 Å². The van der Waals surface area contributed by atoms with Gasteiger partial charge < -0.3 is 14.9 Å². The van der Waals surface area contributed by atoms with Crippen LogP contribution in [0.2, 0.25) is 5.02 Å². The van der Waals surface area contributed by atoms with E-state index < -0.39 is 60.8 Å². The van der Waals surface area contributed by atoms with Crippen LogP contribution in [-0.2, 0) is 14.6 Å². The van der Waals surface area contributed by atoms with Crippen LogP contribution in [0.25, 0.3) is 27.7 Å². The van der Waals surface area contributed by atoms with Gasteiger partial charge in [0.05, 0.1) is 33.2 Å². The number of nitrogens with zero attached hydrogens (tertiary/aromatic N) is 4. The van der Waals surface area contributed by atoms with E-state index in [2.05, 4.69) is 10.9 Å². The fraction of sp³-hybridized carbons (Fsp3) is 0.303. The van der Waals surface area contributed by atoms with Crippen molar-refractivity contribution in [3.05, 3.63) is 74.8 Å². The summed E-state index contributed by atoms with van der Waals surface area (Å²) in [5, 5.41) is 10.2. The highest BCUT2D eigenvalue weighted by Crippen LogP contribution is 2.45. The molecule has 0 spiro atoms. The third kappa shape index (κ3) is 5.37. The Hall–Kier alpha value is -4.47. The zero-order valence-corrected chi connectivity index (χ0v) is 27.3. The molecular formula is C33H31ClF2N4O5S. The number of aryl methyl sites for hydroxylation is 1. The standard InChI is InChI=1S/C33H31ClF2N4O5S/c1-7-24(42)39-14-13-38(16-19(39)5)31-20-15-21(34)25(26-22(35)9-8-10-23(26)41)27(36)30(20)40(33(43)32(31)46(6,44)45)29-18(4)11-12-37-28(29)17(2)3/h1,8-12,15,17,19,41H,13-14,16H2,2-6H3/t19-/m1/s1. The highest BCUT2D eigenvalue weighted by Gasteiger charge is 2.36. The van der Waals surface area contributed by atoms with Gasteiger partial charge in [-0.1, -0.05) is 31.5 Å². The quantitative estimate of drug-likeness (QED) is 0.291. The molecule has 3 heterocycles. The minimum atomic E-state index is -4.31. The average Bonchev–Trinajstić information content (AvgIpc) is 2.97. The number of amides is 1. The summed E-state index contributed by atoms with van der Waals surface area (Å²) in [6, 6.07) is 5.81. The van der Waals surface area contributed by atoms with Crippen LogP contribution in [0.3, 0.4) is 0 Å². The summed E-state index contributed by atoms with van der Waals surface area (Å²) >= 11 is 6.67. The molecule has 0 bridgehead atoms. The van der Waals surface area contributed by atoms with Crippen LogP contribution < -0.4 is 10.5 Å². The molecule has 1 aliphatic rings. The van der Waals surface area contributed by atoms with Crippen LogP contribution in [0.4, 0.5) is 14.5 Å². The van der Waals surface area contributed by atoms with Crippen molar-refractivity contribution < 1.29 is 27.1 Å². The zero-order chi connectivity index (χ0) is 33.8. The van der Waals surface area contributed by atoms with Gasteiger partial charge in [0.15, 0.2) is 20.5 Å². The predicted molar refractivity (Wildman–Crippen MR) is 174 cm³/mol. The molecule has 0 saturated carbocycles. The van der Waals surface area contributed by atoms with Crippen molar-refractivity contribution in [1.82, 2.24) is 14.5 Å². The Morgan fingerprint density at radius 3 is 2.46 bits per heavy atom. The molecule has 0 unspecified atom stereocenters. The summed E-state index contributed by atoms with van der Waals surface area (Å²) in [7, 11) is -4.31. The molecule has 5 rings (SSSR count). The van der Waals surface area contributed by atoms with E-state index in [4.69, 9.17) is 18.0 Å². The van der Waals surface area contributed by atoms with Crippen molar-refractivity contribution in [1.29, 1.82) is 0 Å². The van der Waals surface area contributed by atoms with E-state index in [-0.39, 0.29) is 52.9 Å². The maximum Gasteiger partial charge on any atom is 0.298 e. The number of fused-ring (bicyclic) bond motifs is 1. The van der Waals surface area contributed by atoms with Crippen LogP contribution >= 0.6 is 11.6 Å². The summed E-state index contributed by atoms with van der Waals surface area (Å²) in [6.45, 7) is 7.22. The Labute approximate surface area is 270 Å². The Bertz CT molecular complexity index is 2120. The second kappa shape index (κ2) is 12.0. The van der Waals surface area contributed by atoms with Crippen molar-refractivity contribution in [2.24, 2.45) is 0 Å². The molecular weight excluding hydrogens is 638 g/mol. The number of phenols is 1. The number of benzene rings is 2. The lowest BCUT2D eigenvalue weighted by Crippen LogP contribution is -2.54. The molecule has 4 aromatic rings. The van der Waals surface area contributed by atoms with Gasteiger partial charge >= 0.3 is 0 Å². The first-order chi connectivity index (χ1) is 21.6. The van der Waals surface area contributed by atoms with E-state index in [0.717, 1.165) is 16.9 Å². The smallest absolute Gasteiger partial charge is 0.298 e. The molecule has 2 aromatic heterocycles. The molecule has 1 fully saturated rings. The number of anilines is 1. The molecule has 1 atom stereocenters. The Balaban J connectivity index is 2.02. The second-order valence-corrected chi connectivity index (χ2v) is 14.0. The number of hydrogen-bond acceptors (Lipinski definition) is 7. The number of carbonyl (C=O) groups excluding carboxylic acids is 1. The minimum absolute atomic E-state index is 0.0484. The number of aromatic nitrogens is 2. The molecule has 46 heavy (non-hydrogen) atoms. The van der Waals surface area contributed by atoms with Gasteiger partial charge in [0.25, 0.3) is 11.5 Å². The molecule has 1 N–H and O–H groups in total. The third-order valence-electron chi connectivity index (χ3n) is 8.15. The minimum Gasteiger partial charge on any atom is -0.507 e. The number of terminal acetylenes is 1. The molecule has 240 valence electrons. The molecule has 0 aliphatic carbocycles. The normalized spacial score (nSPS) is 15.4. The van der Waals surface area contributed by atoms with Crippen molar-refractivity contribution in [3.8, 4) is 34.9 Å². The first-order valence-electron chi connectivity index (χ1n) is 14.4. The molecule has 1 saturated heterocycles. The number of halogens is 3. The number of sulfone groups is 1. The zero-order valence-electron chi connectivity index (χ0n) is 25.7. The number of phenolic OH excluding ortho intramolecular Hbond substituents is 1. The van der Waals surface area contributed by atoms with Gasteiger partial charge in [0.2, 0.25) is 0 Å². The van der Waals surface area contributed by atoms with Crippen LogP contribution in [0, 0.1) is 30.9 Å². The lowest BCUT2D eigenvalue weighted by molar-refractivity contribution is -0.127. The maximum atomic E-state index is 17.2. The van der Waals surface area contributed by atoms with E-state index >= 15 is 8.78 Å². The summed E-state index contributed by atoms with van der Waals surface area (Å²) < 4.78 is 60.5. The Kier molecular flexibility index (Phi) is 8.61. The average molecular weight is 669 g/mol. The van der Waals surface area contributed by atoms with Gasteiger partial charge in [-0.2, -0.15) is 0 Å². The van der Waals surface area contributed by atoms with E-state index in [0.29, 0.717) is 11.3 Å². The van der Waals surface area contributed by atoms with E-state index in [9.17, 15) is 23.1 Å². The monoisotopic (exact) mass is 668 g/mol. The molecule has 9 nitrogen and oxygen atoms in total. The van der Waals surface area contributed by atoms with Gasteiger partial charge in [0.1, 0.15) is 11.6 Å². The van der Waals surface area contributed by atoms with Gasteiger partial charge in [-0.3, -0.25) is 19.1 Å². The number of carbonyl (C=O) groups is 1. The summed E-state index contributed by atoms with van der Waals surface area (Å²) in [5.74, 6) is -1.47. The van der Waals surface area contributed by atoms with Crippen molar-refractivity contribution >= 4 is 43.9 Å². The number of pyridine rings is 2. The first-order valence-corrected chi connectivity index (χ1v) is 16.6. The van der Waals surface area contributed by atoms with E-state index in [1.54, 1.807) is 24.8 Å². The lowest BCUT2D eigenvalue weighted by Gasteiger charge is -2.41. The number of hydrogen-bond donors (Lipinski definition) is 1. The summed E-state index contributed by atoms with van der Waals surface area (Å²) in [5.41, 5.74) is -1.56. The van der Waals surface area contributed by atoms with Gasteiger partial charge in [0, 0.05) is 49.1 Å². The number of piperazine rings is 1. The molecule has 13 heteroatoms. The Morgan fingerprint density at radius 2 is 1.87 bits per heavy atom. The van der Waals surface area contributed by atoms with E-state index in [1.165, 1.54) is 29.3 Å². The highest BCUT2D eigenvalue weighted by atomic mass is 35.5. The molecule has 1 amide bonds. The SMILES string of the molecule is C#CC(=O)N1CCN(c2c(S(C)(=O)=O)c(=O)n(-c3c(C)ccnc3C(C)C)c3c(F)c(-c4c(O)cccc4F)c(Cl)cc23)C[C@H]1C. The van der Waals surface area contributed by atoms with Gasteiger partial charge in [-0.25, -0.2) is 17.2 Å². The predicted octanol–water partition coefficient (Wildman–Crippen LogP) is 5.20. The summed E-state index contributed by atoms with van der Waals surface area (Å²) in [4.78, 5) is 33.9. The maximum absolute atomic E-state index is 17.2. The number of aromatic hydroxyl groups is 1. The molecule has 1 aliphatic heterocycles. The second-order valence-electron chi connectivity index (χ2n) is 11.6. The van der Waals surface area contributed by atoms with Crippen LogP contribution in [0.5, 0.6) is 5.75 Å². The fourth-order valence-corrected chi connectivity index (χ4v) is 7.40. The van der Waals surface area contributed by atoms with Gasteiger partial charge in [-0.05, 0) is 55.5 Å². The number of rotatable bonds is 5. The van der Waals surface area contributed by atoms with E-state index in [1.807, 2.05) is 13.8 Å². The van der Waals surface area contributed by atoms with Crippen LogP contribution in [0.15, 0.2) is 46.2 Å². The Morgan fingerprint density at radius 1 is 1.17 bits per heavy atom. The molecule has 0 radical (unpaired) electrons. The van der Waals surface area contributed by atoms with Crippen molar-refractivity contribution in [2.45, 2.75) is 44.6 Å². The van der Waals surface area contributed by atoms with Crippen LogP contribution in [0.1, 0.15) is 37.9 Å². The molecule has 2 aromatic carbocycles.